The van der Waals surface area contributed by atoms with E-state index >= 15 is 0 Å². The molecule has 0 aliphatic carbocycles. The van der Waals surface area contributed by atoms with Gasteiger partial charge in [0.05, 0.1) is 18.4 Å². The summed E-state index contributed by atoms with van der Waals surface area (Å²) in [7, 11) is 1.34. The number of esters is 1. The number of carbonyl (C=O) groups excluding carboxylic acids is 2. The molecule has 0 N–H and O–H groups in total. The standard InChI is InChI=1S/C16H21BrN2O4/c1-16(2,3)23-15(21)19-9-5-8-18(19)13-10-11(14(20)22-4)6-7-12(13)17/h6-7,10H,5,8-9H2,1-4H3. The van der Waals surface area contributed by atoms with Crippen LogP contribution in [-0.4, -0.2) is 42.9 Å². The Morgan fingerprint density at radius 1 is 1.22 bits per heavy atom. The van der Waals surface area contributed by atoms with Crippen LogP contribution in [0, 0.1) is 0 Å². The molecule has 0 spiro atoms. The molecule has 1 amide bonds. The van der Waals surface area contributed by atoms with E-state index in [1.165, 1.54) is 7.11 Å². The van der Waals surface area contributed by atoms with Crippen LogP contribution in [-0.2, 0) is 9.47 Å². The Balaban J connectivity index is 2.29. The summed E-state index contributed by atoms with van der Waals surface area (Å²) in [4.78, 5) is 24.1. The summed E-state index contributed by atoms with van der Waals surface area (Å²) in [5, 5.41) is 3.39. The lowest BCUT2D eigenvalue weighted by Gasteiger charge is -2.32. The molecule has 1 aliphatic rings. The Morgan fingerprint density at radius 3 is 2.52 bits per heavy atom. The number of hydrogen-bond donors (Lipinski definition) is 0. The topological polar surface area (TPSA) is 59.1 Å². The van der Waals surface area contributed by atoms with Gasteiger partial charge in [0.2, 0.25) is 0 Å². The number of amides is 1. The Morgan fingerprint density at radius 2 is 1.91 bits per heavy atom. The summed E-state index contributed by atoms with van der Waals surface area (Å²) in [6, 6.07) is 5.15. The third-order valence-corrected chi connectivity index (χ3v) is 3.95. The highest BCUT2D eigenvalue weighted by molar-refractivity contribution is 9.10. The van der Waals surface area contributed by atoms with E-state index in [9.17, 15) is 9.59 Å². The molecule has 1 aliphatic heterocycles. The van der Waals surface area contributed by atoms with Crippen molar-refractivity contribution in [2.24, 2.45) is 0 Å². The molecule has 1 aromatic carbocycles. The van der Waals surface area contributed by atoms with Crippen LogP contribution in [0.3, 0.4) is 0 Å². The molecule has 0 saturated carbocycles. The lowest BCUT2D eigenvalue weighted by molar-refractivity contribution is 0.0274. The smallest absolute Gasteiger partial charge is 0.429 e. The summed E-state index contributed by atoms with van der Waals surface area (Å²) in [6.07, 6.45) is 0.430. The number of nitrogens with zero attached hydrogens (tertiary/aromatic N) is 2. The van der Waals surface area contributed by atoms with Crippen molar-refractivity contribution < 1.29 is 19.1 Å². The van der Waals surface area contributed by atoms with Crippen molar-refractivity contribution in [2.45, 2.75) is 32.8 Å². The molecule has 0 unspecified atom stereocenters. The van der Waals surface area contributed by atoms with E-state index in [-0.39, 0.29) is 0 Å². The Kier molecular flexibility index (Phi) is 5.19. The number of hydrazine groups is 1. The zero-order valence-corrected chi connectivity index (χ0v) is 15.3. The molecule has 1 saturated heterocycles. The van der Waals surface area contributed by atoms with E-state index in [0.717, 1.165) is 16.6 Å². The van der Waals surface area contributed by atoms with Crippen LogP contribution in [0.15, 0.2) is 22.7 Å². The van der Waals surface area contributed by atoms with E-state index < -0.39 is 17.7 Å². The first kappa shape index (κ1) is 17.6. The van der Waals surface area contributed by atoms with Crippen LogP contribution in [0.4, 0.5) is 10.5 Å². The fourth-order valence-corrected chi connectivity index (χ4v) is 2.77. The summed E-state index contributed by atoms with van der Waals surface area (Å²) in [6.45, 7) is 6.74. The van der Waals surface area contributed by atoms with Crippen LogP contribution in [0.1, 0.15) is 37.6 Å². The Labute approximate surface area is 144 Å². The molecule has 0 radical (unpaired) electrons. The van der Waals surface area contributed by atoms with Gasteiger partial charge in [0.15, 0.2) is 0 Å². The van der Waals surface area contributed by atoms with Gasteiger partial charge in [-0.2, -0.15) is 0 Å². The summed E-state index contributed by atoms with van der Waals surface area (Å²) in [5.41, 5.74) is 0.606. The van der Waals surface area contributed by atoms with Crippen LogP contribution in [0.2, 0.25) is 0 Å². The first-order valence-electron chi connectivity index (χ1n) is 7.39. The number of halogens is 1. The second-order valence-electron chi connectivity index (χ2n) is 6.24. The zero-order valence-electron chi connectivity index (χ0n) is 13.8. The second kappa shape index (κ2) is 6.78. The van der Waals surface area contributed by atoms with Gasteiger partial charge in [0.25, 0.3) is 0 Å². The van der Waals surface area contributed by atoms with Crippen LogP contribution in [0.5, 0.6) is 0 Å². The molecule has 0 bridgehead atoms. The molecular formula is C16H21BrN2O4. The number of methoxy groups -OCH3 is 1. The molecule has 126 valence electrons. The lowest BCUT2D eigenvalue weighted by Crippen LogP contribution is -2.44. The van der Waals surface area contributed by atoms with Gasteiger partial charge < -0.3 is 9.47 Å². The lowest BCUT2D eigenvalue weighted by atomic mass is 10.2. The Hall–Kier alpha value is -1.76. The van der Waals surface area contributed by atoms with Crippen molar-refractivity contribution in [2.75, 3.05) is 25.2 Å². The van der Waals surface area contributed by atoms with Crippen molar-refractivity contribution in [3.63, 3.8) is 0 Å². The number of carbonyl (C=O) groups is 2. The van der Waals surface area contributed by atoms with Gasteiger partial charge in [-0.15, -0.1) is 0 Å². The van der Waals surface area contributed by atoms with Gasteiger partial charge in [-0.25, -0.2) is 14.6 Å². The normalized spacial score (nSPS) is 14.8. The average Bonchev–Trinajstić information content (AvgIpc) is 2.94. The van der Waals surface area contributed by atoms with Gasteiger partial charge in [0.1, 0.15) is 5.60 Å². The third kappa shape index (κ3) is 4.16. The molecule has 1 aromatic rings. The first-order valence-corrected chi connectivity index (χ1v) is 8.18. The number of rotatable bonds is 2. The SMILES string of the molecule is COC(=O)c1ccc(Br)c(N2CCCN2C(=O)OC(C)(C)C)c1. The van der Waals surface area contributed by atoms with Crippen molar-refractivity contribution in [1.82, 2.24) is 5.01 Å². The van der Waals surface area contributed by atoms with Gasteiger partial charge in [0, 0.05) is 17.6 Å². The van der Waals surface area contributed by atoms with E-state index in [1.807, 2.05) is 25.8 Å². The Bertz CT molecular complexity index is 613. The number of ether oxygens (including phenoxy) is 2. The average molecular weight is 385 g/mol. The summed E-state index contributed by atoms with van der Waals surface area (Å²) < 4.78 is 11.0. The minimum Gasteiger partial charge on any atom is -0.465 e. The monoisotopic (exact) mass is 384 g/mol. The minimum atomic E-state index is -0.559. The number of benzene rings is 1. The highest BCUT2D eigenvalue weighted by Crippen LogP contribution is 2.32. The minimum absolute atomic E-state index is 0.398. The third-order valence-electron chi connectivity index (χ3n) is 3.28. The van der Waals surface area contributed by atoms with Crippen LogP contribution < -0.4 is 5.01 Å². The molecule has 1 fully saturated rings. The first-order chi connectivity index (χ1) is 10.7. The van der Waals surface area contributed by atoms with Crippen molar-refractivity contribution >= 4 is 33.7 Å². The zero-order chi connectivity index (χ0) is 17.2. The van der Waals surface area contributed by atoms with Gasteiger partial charge in [-0.3, -0.25) is 5.01 Å². The van der Waals surface area contributed by atoms with E-state index in [4.69, 9.17) is 9.47 Å². The maximum absolute atomic E-state index is 12.4. The molecule has 23 heavy (non-hydrogen) atoms. The van der Waals surface area contributed by atoms with Crippen molar-refractivity contribution in [3.8, 4) is 0 Å². The molecule has 1 heterocycles. The van der Waals surface area contributed by atoms with Gasteiger partial charge >= 0.3 is 12.1 Å². The largest absolute Gasteiger partial charge is 0.465 e. The highest BCUT2D eigenvalue weighted by atomic mass is 79.9. The maximum atomic E-state index is 12.4. The quantitative estimate of drug-likeness (QED) is 0.729. The number of anilines is 1. The second-order valence-corrected chi connectivity index (χ2v) is 7.09. The van der Waals surface area contributed by atoms with E-state index in [0.29, 0.717) is 18.7 Å². The van der Waals surface area contributed by atoms with Gasteiger partial charge in [-0.05, 0) is 61.3 Å². The molecule has 6 nitrogen and oxygen atoms in total. The maximum Gasteiger partial charge on any atom is 0.429 e. The molecule has 0 atom stereocenters. The molecular weight excluding hydrogens is 364 g/mol. The van der Waals surface area contributed by atoms with Crippen molar-refractivity contribution in [3.05, 3.63) is 28.2 Å². The van der Waals surface area contributed by atoms with E-state index in [2.05, 4.69) is 15.9 Å². The highest BCUT2D eigenvalue weighted by Gasteiger charge is 2.32. The predicted molar refractivity (Wildman–Crippen MR) is 90.4 cm³/mol. The van der Waals surface area contributed by atoms with Gasteiger partial charge in [-0.1, -0.05) is 0 Å². The van der Waals surface area contributed by atoms with Crippen molar-refractivity contribution in [1.29, 1.82) is 0 Å². The van der Waals surface area contributed by atoms with Crippen LogP contribution >= 0.6 is 15.9 Å². The number of hydrogen-bond acceptors (Lipinski definition) is 5. The van der Waals surface area contributed by atoms with E-state index in [1.54, 1.807) is 23.2 Å². The molecule has 2 rings (SSSR count). The van der Waals surface area contributed by atoms with Crippen LogP contribution in [0.25, 0.3) is 0 Å². The predicted octanol–water partition coefficient (Wildman–Crippen LogP) is 3.60. The summed E-state index contributed by atoms with van der Waals surface area (Å²) >= 11 is 3.48. The summed E-state index contributed by atoms with van der Waals surface area (Å²) in [5.74, 6) is -0.415. The molecule has 0 aromatic heterocycles. The fourth-order valence-electron chi connectivity index (χ4n) is 2.32. The molecule has 7 heteroatoms. The fraction of sp³-hybridized carbons (Fsp3) is 0.500.